The van der Waals surface area contributed by atoms with Crippen LogP contribution < -0.4 is 5.32 Å². The van der Waals surface area contributed by atoms with Gasteiger partial charge in [-0.2, -0.15) is 0 Å². The fourth-order valence-corrected chi connectivity index (χ4v) is 4.78. The molecule has 4 aromatic carbocycles. The molecule has 2 aliphatic heterocycles. The zero-order valence-corrected chi connectivity index (χ0v) is 18.5. The maximum Gasteiger partial charge on any atom is 0.0395 e. The average Bonchev–Trinajstić information content (AvgIpc) is 3.51. The summed E-state index contributed by atoms with van der Waals surface area (Å²) in [6.45, 7) is 4.19. The fraction of sp³-hybridized carbons (Fsp3) is 0.200. The topological polar surface area (TPSA) is 15.3 Å². The van der Waals surface area contributed by atoms with E-state index < -0.39 is 0 Å². The highest BCUT2D eigenvalue weighted by atomic mass is 15.2. The van der Waals surface area contributed by atoms with Crippen LogP contribution in [0.25, 0.3) is 0 Å². The summed E-state index contributed by atoms with van der Waals surface area (Å²) >= 11 is 0. The average molecular weight is 419 g/mol. The molecule has 0 radical (unpaired) electrons. The largest absolute Gasteiger partial charge is 0.309 e. The molecular weight excluding hydrogens is 388 g/mol. The molecule has 2 heterocycles. The summed E-state index contributed by atoms with van der Waals surface area (Å²) in [7, 11) is 0. The number of benzene rings is 4. The van der Waals surface area contributed by atoms with Crippen LogP contribution in [0.4, 0.5) is 0 Å². The number of rotatable bonds is 4. The fourth-order valence-electron chi connectivity index (χ4n) is 4.78. The predicted octanol–water partition coefficient (Wildman–Crippen LogP) is 6.28. The van der Waals surface area contributed by atoms with E-state index >= 15 is 0 Å². The first-order valence-electron chi connectivity index (χ1n) is 11.5. The van der Waals surface area contributed by atoms with Crippen molar-refractivity contribution in [2.45, 2.75) is 38.6 Å². The van der Waals surface area contributed by atoms with Gasteiger partial charge in [-0.1, -0.05) is 109 Å². The summed E-state index contributed by atoms with van der Waals surface area (Å²) in [6, 6.07) is 39.5. The summed E-state index contributed by atoms with van der Waals surface area (Å²) in [5.74, 6) is 0. The quantitative estimate of drug-likeness (QED) is 0.420. The van der Waals surface area contributed by atoms with E-state index in [-0.39, 0.29) is 0 Å². The first kappa shape index (κ1) is 20.7. The Balaban J connectivity index is 0.000000199. The lowest BCUT2D eigenvalue weighted by atomic mass is 9.97. The minimum Gasteiger partial charge on any atom is -0.309 e. The van der Waals surface area contributed by atoms with Gasteiger partial charge >= 0.3 is 0 Å². The first-order chi connectivity index (χ1) is 15.9. The normalized spacial score (nSPS) is 15.4. The molecular formula is C30H30N2. The molecule has 32 heavy (non-hydrogen) atoms. The molecule has 0 amide bonds. The highest BCUT2D eigenvalue weighted by Crippen LogP contribution is 2.33. The Morgan fingerprint density at radius 1 is 0.562 bits per heavy atom. The maximum atomic E-state index is 3.29. The van der Waals surface area contributed by atoms with Crippen LogP contribution in [-0.4, -0.2) is 4.90 Å². The van der Waals surface area contributed by atoms with E-state index in [4.69, 9.17) is 0 Å². The summed E-state index contributed by atoms with van der Waals surface area (Å²) in [5.41, 5.74) is 8.67. The molecule has 0 fully saturated rings. The molecule has 2 heteroatoms. The van der Waals surface area contributed by atoms with E-state index in [9.17, 15) is 0 Å². The van der Waals surface area contributed by atoms with Crippen molar-refractivity contribution in [2.75, 3.05) is 0 Å². The highest BCUT2D eigenvalue weighted by molar-refractivity contribution is 5.33. The van der Waals surface area contributed by atoms with Gasteiger partial charge in [0, 0.05) is 32.2 Å². The number of fused-ring (bicyclic) bond motifs is 2. The van der Waals surface area contributed by atoms with Crippen LogP contribution in [0.3, 0.4) is 0 Å². The van der Waals surface area contributed by atoms with Crippen LogP contribution in [0.2, 0.25) is 0 Å². The van der Waals surface area contributed by atoms with E-state index in [1.807, 2.05) is 0 Å². The highest BCUT2D eigenvalue weighted by Gasteiger charge is 2.26. The van der Waals surface area contributed by atoms with Crippen molar-refractivity contribution in [3.05, 3.63) is 143 Å². The van der Waals surface area contributed by atoms with Crippen LogP contribution >= 0.6 is 0 Å². The number of hydrogen-bond donors (Lipinski definition) is 1. The van der Waals surface area contributed by atoms with Crippen molar-refractivity contribution in [2.24, 2.45) is 0 Å². The summed E-state index contributed by atoms with van der Waals surface area (Å²) in [6.07, 6.45) is 1.05. The second-order valence-corrected chi connectivity index (χ2v) is 8.66. The van der Waals surface area contributed by atoms with Crippen molar-refractivity contribution in [1.29, 1.82) is 0 Å². The second-order valence-electron chi connectivity index (χ2n) is 8.66. The smallest absolute Gasteiger partial charge is 0.0395 e. The van der Waals surface area contributed by atoms with E-state index in [0.29, 0.717) is 6.04 Å². The van der Waals surface area contributed by atoms with Crippen molar-refractivity contribution in [3.63, 3.8) is 0 Å². The van der Waals surface area contributed by atoms with Gasteiger partial charge in [0.1, 0.15) is 0 Å². The van der Waals surface area contributed by atoms with Gasteiger partial charge in [-0.15, -0.1) is 0 Å². The van der Waals surface area contributed by atoms with Crippen LogP contribution in [0, 0.1) is 0 Å². The predicted molar refractivity (Wildman–Crippen MR) is 132 cm³/mol. The zero-order valence-electron chi connectivity index (χ0n) is 18.5. The number of nitrogens with zero attached hydrogens (tertiary/aromatic N) is 1. The molecule has 0 aliphatic carbocycles. The Bertz CT molecular complexity index is 1090. The molecule has 160 valence electrons. The van der Waals surface area contributed by atoms with Crippen molar-refractivity contribution in [1.82, 2.24) is 10.2 Å². The third-order valence-electron chi connectivity index (χ3n) is 6.51. The Labute approximate surface area is 191 Å². The van der Waals surface area contributed by atoms with Gasteiger partial charge in [0.05, 0.1) is 0 Å². The zero-order chi connectivity index (χ0) is 21.6. The van der Waals surface area contributed by atoms with E-state index in [0.717, 1.165) is 32.6 Å². The van der Waals surface area contributed by atoms with Crippen LogP contribution in [0.1, 0.15) is 39.4 Å². The van der Waals surface area contributed by atoms with Gasteiger partial charge in [0.2, 0.25) is 0 Å². The second kappa shape index (κ2) is 9.95. The van der Waals surface area contributed by atoms with E-state index in [1.54, 1.807) is 0 Å². The molecule has 2 aliphatic rings. The number of nitrogens with one attached hydrogen (secondary N) is 1. The molecule has 1 unspecified atom stereocenters. The van der Waals surface area contributed by atoms with Gasteiger partial charge in [-0.25, -0.2) is 0 Å². The molecule has 1 atom stereocenters. The third-order valence-corrected chi connectivity index (χ3v) is 6.51. The molecule has 0 bridgehead atoms. The molecule has 0 spiro atoms. The Kier molecular flexibility index (Phi) is 6.43. The monoisotopic (exact) mass is 418 g/mol. The summed E-state index contributed by atoms with van der Waals surface area (Å²) in [4.78, 5) is 2.60. The van der Waals surface area contributed by atoms with Gasteiger partial charge < -0.3 is 5.32 Å². The Morgan fingerprint density at radius 2 is 1.03 bits per heavy atom. The molecule has 1 N–H and O–H groups in total. The lowest BCUT2D eigenvalue weighted by Gasteiger charge is -2.28. The Hall–Kier alpha value is -3.20. The van der Waals surface area contributed by atoms with Crippen LogP contribution in [-0.2, 0) is 32.6 Å². The van der Waals surface area contributed by atoms with E-state index in [2.05, 4.69) is 119 Å². The molecule has 0 saturated heterocycles. The van der Waals surface area contributed by atoms with Gasteiger partial charge in [-0.3, -0.25) is 4.90 Å². The van der Waals surface area contributed by atoms with Gasteiger partial charge in [0.15, 0.2) is 0 Å². The summed E-state index contributed by atoms with van der Waals surface area (Å²) < 4.78 is 0. The van der Waals surface area contributed by atoms with Crippen molar-refractivity contribution >= 4 is 0 Å². The summed E-state index contributed by atoms with van der Waals surface area (Å²) in [5, 5.41) is 3.29. The SMILES string of the molecule is c1ccc(CC(c2ccccc2)N2Cc3ccccc3C2)cc1.c1ccc2c(c1)CNC2. The van der Waals surface area contributed by atoms with Crippen molar-refractivity contribution in [3.8, 4) is 0 Å². The Morgan fingerprint density at radius 3 is 1.59 bits per heavy atom. The lowest BCUT2D eigenvalue weighted by Crippen LogP contribution is -2.25. The molecule has 0 saturated carbocycles. The standard InChI is InChI=1S/C22H21N.C8H9N/c1-3-9-18(10-4-1)15-22(19-11-5-2-6-12-19)23-16-20-13-7-8-14-21(20)17-23;1-2-4-8-6-9-5-7(8)3-1/h1-14,22H,15-17H2;1-4,9H,5-6H2. The van der Waals surface area contributed by atoms with Gasteiger partial charge in [0.25, 0.3) is 0 Å². The van der Waals surface area contributed by atoms with Gasteiger partial charge in [-0.05, 0) is 39.8 Å². The molecule has 6 rings (SSSR count). The first-order valence-corrected chi connectivity index (χ1v) is 11.5. The minimum atomic E-state index is 0.422. The molecule has 0 aromatic heterocycles. The van der Waals surface area contributed by atoms with Crippen LogP contribution in [0.15, 0.2) is 109 Å². The van der Waals surface area contributed by atoms with E-state index in [1.165, 1.54) is 33.4 Å². The minimum absolute atomic E-state index is 0.422. The van der Waals surface area contributed by atoms with Crippen molar-refractivity contribution < 1.29 is 0 Å². The molecule has 4 aromatic rings. The third kappa shape index (κ3) is 4.83. The van der Waals surface area contributed by atoms with Crippen LogP contribution in [0.5, 0.6) is 0 Å². The lowest BCUT2D eigenvalue weighted by molar-refractivity contribution is 0.199. The number of hydrogen-bond acceptors (Lipinski definition) is 2. The maximum absolute atomic E-state index is 3.29. The molecule has 2 nitrogen and oxygen atoms in total.